The Bertz CT molecular complexity index is 417. The molecule has 0 bridgehead atoms. The number of hydrogen-bond donors (Lipinski definition) is 0. The molecule has 0 radical (unpaired) electrons. The van der Waals surface area contributed by atoms with Gasteiger partial charge in [-0.05, 0) is 47.5 Å². The summed E-state index contributed by atoms with van der Waals surface area (Å²) in [4.78, 5) is 0. The summed E-state index contributed by atoms with van der Waals surface area (Å²) < 4.78 is 8.73. The van der Waals surface area contributed by atoms with E-state index in [4.69, 9.17) is 4.74 Å². The van der Waals surface area contributed by atoms with Crippen LogP contribution in [0.3, 0.4) is 0 Å². The van der Waals surface area contributed by atoms with Gasteiger partial charge in [0.15, 0.2) is 0 Å². The van der Waals surface area contributed by atoms with Gasteiger partial charge in [0, 0.05) is 28.2 Å². The molecule has 1 rings (SSSR count). The molecule has 2 heteroatoms. The van der Waals surface area contributed by atoms with E-state index in [1.165, 1.54) is 30.4 Å². The van der Waals surface area contributed by atoms with Crippen LogP contribution < -0.4 is 4.74 Å². The van der Waals surface area contributed by atoms with Crippen molar-refractivity contribution in [2.75, 3.05) is 6.61 Å². The monoisotopic (exact) mass is 356 g/mol. The van der Waals surface area contributed by atoms with Crippen molar-refractivity contribution in [2.24, 2.45) is 0 Å². The van der Waals surface area contributed by atoms with Gasteiger partial charge in [-0.1, -0.05) is 32.1 Å². The van der Waals surface area contributed by atoms with E-state index in [0.29, 0.717) is 0 Å². The number of hydrogen-bond acceptors (Lipinski definition) is 1. The molecule has 0 N–H and O–H groups in total. The molecule has 0 unspecified atom stereocenters. The minimum absolute atomic E-state index is 0.816. The van der Waals surface area contributed by atoms with E-state index in [1.807, 2.05) is 0 Å². The SMILES string of the molecule is CCCCCCOc1cc(C)c(C#CI)c(C)c1. The van der Waals surface area contributed by atoms with E-state index in [2.05, 4.69) is 65.3 Å². The van der Waals surface area contributed by atoms with Gasteiger partial charge in [-0.25, -0.2) is 0 Å². The van der Waals surface area contributed by atoms with E-state index in [0.717, 1.165) is 24.3 Å². The highest BCUT2D eigenvalue weighted by atomic mass is 127. The Hall–Kier alpha value is -0.690. The molecule has 0 aliphatic rings. The summed E-state index contributed by atoms with van der Waals surface area (Å²) in [6.45, 7) is 7.22. The van der Waals surface area contributed by atoms with Gasteiger partial charge in [-0.2, -0.15) is 0 Å². The Morgan fingerprint density at radius 2 is 1.78 bits per heavy atom. The summed E-state index contributed by atoms with van der Waals surface area (Å²) in [6.07, 6.45) is 4.96. The Morgan fingerprint density at radius 3 is 2.33 bits per heavy atom. The summed E-state index contributed by atoms with van der Waals surface area (Å²) in [5, 5.41) is 0. The molecule has 0 fully saturated rings. The second-order valence-electron chi connectivity index (χ2n) is 4.56. The van der Waals surface area contributed by atoms with Crippen molar-refractivity contribution in [1.29, 1.82) is 0 Å². The molecule has 0 atom stereocenters. The van der Waals surface area contributed by atoms with E-state index in [-0.39, 0.29) is 0 Å². The average Bonchev–Trinajstić information content (AvgIpc) is 2.33. The highest BCUT2D eigenvalue weighted by Crippen LogP contribution is 2.21. The zero-order chi connectivity index (χ0) is 13.4. The van der Waals surface area contributed by atoms with Crippen LogP contribution in [0.15, 0.2) is 12.1 Å². The van der Waals surface area contributed by atoms with Crippen LogP contribution in [0.5, 0.6) is 5.75 Å². The second-order valence-corrected chi connectivity index (χ2v) is 5.10. The molecule has 1 aromatic rings. The maximum absolute atomic E-state index is 5.80. The van der Waals surface area contributed by atoms with Gasteiger partial charge in [0.05, 0.1) is 6.61 Å². The lowest BCUT2D eigenvalue weighted by atomic mass is 10.0. The highest BCUT2D eigenvalue weighted by molar-refractivity contribution is 14.1. The summed E-state index contributed by atoms with van der Waals surface area (Å²) in [5.41, 5.74) is 3.52. The second kappa shape index (κ2) is 8.42. The van der Waals surface area contributed by atoms with Crippen LogP contribution in [0.1, 0.15) is 49.3 Å². The molecule has 0 aromatic heterocycles. The minimum atomic E-state index is 0.816. The molecule has 0 spiro atoms. The summed E-state index contributed by atoms with van der Waals surface area (Å²) >= 11 is 2.08. The van der Waals surface area contributed by atoms with Crippen molar-refractivity contribution >= 4 is 22.6 Å². The maximum atomic E-state index is 5.80. The van der Waals surface area contributed by atoms with Crippen LogP contribution in [-0.2, 0) is 0 Å². The smallest absolute Gasteiger partial charge is 0.119 e. The molecule has 0 aliphatic heterocycles. The third-order valence-electron chi connectivity index (χ3n) is 2.95. The van der Waals surface area contributed by atoms with Crippen LogP contribution in [0.4, 0.5) is 0 Å². The first-order valence-electron chi connectivity index (χ1n) is 6.54. The third kappa shape index (κ3) is 4.89. The van der Waals surface area contributed by atoms with E-state index >= 15 is 0 Å². The number of rotatable bonds is 6. The Kier molecular flexibility index (Phi) is 7.19. The number of unbranched alkanes of at least 4 members (excludes halogenated alkanes) is 3. The Morgan fingerprint density at radius 1 is 1.11 bits per heavy atom. The van der Waals surface area contributed by atoms with Crippen LogP contribution >= 0.6 is 22.6 Å². The van der Waals surface area contributed by atoms with Gasteiger partial charge in [0.2, 0.25) is 0 Å². The first kappa shape index (κ1) is 15.4. The molecule has 98 valence electrons. The molecule has 1 nitrogen and oxygen atoms in total. The van der Waals surface area contributed by atoms with Crippen molar-refractivity contribution in [1.82, 2.24) is 0 Å². The predicted octanol–water partition coefficient (Wildman–Crippen LogP) is 5.01. The summed E-state index contributed by atoms with van der Waals surface area (Å²) in [6, 6.07) is 4.17. The Balaban J connectivity index is 2.59. The molecule has 18 heavy (non-hydrogen) atoms. The highest BCUT2D eigenvalue weighted by Gasteiger charge is 2.03. The van der Waals surface area contributed by atoms with E-state index in [1.54, 1.807) is 0 Å². The van der Waals surface area contributed by atoms with Gasteiger partial charge < -0.3 is 4.74 Å². The zero-order valence-corrected chi connectivity index (χ0v) is 13.6. The third-order valence-corrected chi connectivity index (χ3v) is 3.21. The normalized spacial score (nSPS) is 9.78. The van der Waals surface area contributed by atoms with Crippen LogP contribution in [0, 0.1) is 23.7 Å². The van der Waals surface area contributed by atoms with Crippen molar-refractivity contribution < 1.29 is 4.74 Å². The van der Waals surface area contributed by atoms with Crippen molar-refractivity contribution in [2.45, 2.75) is 46.5 Å². The fourth-order valence-corrected chi connectivity index (χ4v) is 2.24. The topological polar surface area (TPSA) is 9.23 Å². The van der Waals surface area contributed by atoms with Crippen LogP contribution in [0.2, 0.25) is 0 Å². The fraction of sp³-hybridized carbons (Fsp3) is 0.500. The molecule has 1 aromatic carbocycles. The molecular weight excluding hydrogens is 335 g/mol. The first-order chi connectivity index (χ1) is 8.69. The molecule has 0 saturated heterocycles. The number of benzene rings is 1. The quantitative estimate of drug-likeness (QED) is 0.396. The van der Waals surface area contributed by atoms with E-state index in [9.17, 15) is 0 Å². The summed E-state index contributed by atoms with van der Waals surface area (Å²) in [7, 11) is 0. The van der Waals surface area contributed by atoms with Gasteiger partial charge in [0.25, 0.3) is 0 Å². The van der Waals surface area contributed by atoms with Crippen molar-refractivity contribution in [3.05, 3.63) is 28.8 Å². The Labute approximate surface area is 124 Å². The number of aryl methyl sites for hydroxylation is 2. The number of halogens is 1. The maximum Gasteiger partial charge on any atom is 0.119 e. The van der Waals surface area contributed by atoms with Crippen molar-refractivity contribution in [3.63, 3.8) is 0 Å². The summed E-state index contributed by atoms with van der Waals surface area (Å²) in [5.74, 6) is 4.11. The van der Waals surface area contributed by atoms with Gasteiger partial charge >= 0.3 is 0 Å². The molecule has 0 saturated carbocycles. The molecule has 0 aliphatic carbocycles. The standard InChI is InChI=1S/C16H21IO/c1-4-5-6-7-10-18-15-11-13(2)16(8-9-17)14(3)12-15/h11-12H,4-7,10H2,1-3H3. The fourth-order valence-electron chi connectivity index (χ4n) is 1.97. The zero-order valence-electron chi connectivity index (χ0n) is 11.5. The lowest BCUT2D eigenvalue weighted by Crippen LogP contribution is -1.99. The minimum Gasteiger partial charge on any atom is -0.494 e. The first-order valence-corrected chi connectivity index (χ1v) is 7.62. The van der Waals surface area contributed by atoms with Crippen LogP contribution in [0.25, 0.3) is 0 Å². The van der Waals surface area contributed by atoms with Gasteiger partial charge in [-0.3, -0.25) is 0 Å². The molecule has 0 amide bonds. The van der Waals surface area contributed by atoms with Gasteiger partial charge in [0.1, 0.15) is 5.75 Å². The molecule has 0 heterocycles. The average molecular weight is 356 g/mol. The lowest BCUT2D eigenvalue weighted by molar-refractivity contribution is 0.304. The molecular formula is C16H21IO. The van der Waals surface area contributed by atoms with E-state index < -0.39 is 0 Å². The lowest BCUT2D eigenvalue weighted by Gasteiger charge is -2.10. The number of ether oxygens (including phenoxy) is 1. The predicted molar refractivity (Wildman–Crippen MR) is 86.5 cm³/mol. The largest absolute Gasteiger partial charge is 0.494 e. The van der Waals surface area contributed by atoms with Gasteiger partial charge in [-0.15, -0.1) is 0 Å². The van der Waals surface area contributed by atoms with Crippen molar-refractivity contribution in [3.8, 4) is 15.6 Å². The van der Waals surface area contributed by atoms with Crippen LogP contribution in [-0.4, -0.2) is 6.61 Å².